The quantitative estimate of drug-likeness (QED) is 0.892. The molecule has 5 nitrogen and oxygen atoms in total. The highest BCUT2D eigenvalue weighted by Gasteiger charge is 2.18. The van der Waals surface area contributed by atoms with Crippen LogP contribution in [0.1, 0.15) is 32.0 Å². The molecule has 0 saturated heterocycles. The van der Waals surface area contributed by atoms with Crippen molar-refractivity contribution in [3.05, 3.63) is 41.7 Å². The van der Waals surface area contributed by atoms with Crippen molar-refractivity contribution in [1.82, 2.24) is 15.0 Å². The Morgan fingerprint density at radius 3 is 2.47 bits per heavy atom. The van der Waals surface area contributed by atoms with E-state index in [1.165, 1.54) is 0 Å². The maximum absolute atomic E-state index is 5.98. The van der Waals surface area contributed by atoms with Crippen molar-refractivity contribution in [2.75, 3.05) is 6.61 Å². The summed E-state index contributed by atoms with van der Waals surface area (Å²) in [5.74, 6) is 0.883. The van der Waals surface area contributed by atoms with Crippen LogP contribution in [0.25, 0.3) is 0 Å². The normalized spacial score (nSPS) is 11.6. The molecule has 1 aromatic carbocycles. The predicted octanol–water partition coefficient (Wildman–Crippen LogP) is 1.92. The average molecular weight is 260 g/mol. The third-order valence-electron chi connectivity index (χ3n) is 2.78. The van der Waals surface area contributed by atoms with Gasteiger partial charge in [-0.25, -0.2) is 4.68 Å². The lowest BCUT2D eigenvalue weighted by molar-refractivity contribution is 0.340. The van der Waals surface area contributed by atoms with E-state index in [0.717, 1.165) is 17.0 Å². The zero-order chi connectivity index (χ0) is 13.9. The van der Waals surface area contributed by atoms with E-state index in [1.807, 2.05) is 51.2 Å². The van der Waals surface area contributed by atoms with Crippen LogP contribution >= 0.6 is 0 Å². The molecule has 2 rings (SSSR count). The van der Waals surface area contributed by atoms with Gasteiger partial charge in [-0.05, 0) is 38.5 Å². The summed E-state index contributed by atoms with van der Waals surface area (Å²) in [7, 11) is 0. The molecule has 0 radical (unpaired) electrons. The van der Waals surface area contributed by atoms with E-state index >= 15 is 0 Å². The number of nitrogens with zero attached hydrogens (tertiary/aromatic N) is 3. The van der Waals surface area contributed by atoms with Crippen LogP contribution in [-0.2, 0) is 12.1 Å². The molecule has 1 aromatic heterocycles. The Morgan fingerprint density at radius 1 is 1.26 bits per heavy atom. The minimum absolute atomic E-state index is 0.461. The van der Waals surface area contributed by atoms with E-state index in [0.29, 0.717) is 13.2 Å². The van der Waals surface area contributed by atoms with Crippen molar-refractivity contribution in [3.63, 3.8) is 0 Å². The van der Waals surface area contributed by atoms with E-state index in [9.17, 15) is 0 Å². The fraction of sp³-hybridized carbons (Fsp3) is 0.429. The van der Waals surface area contributed by atoms with E-state index in [1.54, 1.807) is 4.68 Å². The summed E-state index contributed by atoms with van der Waals surface area (Å²) in [6.45, 7) is 7.16. The van der Waals surface area contributed by atoms with Gasteiger partial charge in [0.2, 0.25) is 0 Å². The molecule has 0 unspecified atom stereocenters. The van der Waals surface area contributed by atoms with Gasteiger partial charge in [-0.2, -0.15) is 0 Å². The number of benzene rings is 1. The predicted molar refractivity (Wildman–Crippen MR) is 73.9 cm³/mol. The number of ether oxygens (including phenoxy) is 1. The lowest BCUT2D eigenvalue weighted by Gasteiger charge is -2.13. The Bertz CT molecular complexity index is 525. The Hall–Kier alpha value is -1.88. The molecule has 5 heteroatoms. The van der Waals surface area contributed by atoms with Gasteiger partial charge >= 0.3 is 0 Å². The highest BCUT2D eigenvalue weighted by atomic mass is 16.5. The highest BCUT2D eigenvalue weighted by Crippen LogP contribution is 2.15. The molecule has 0 aliphatic heterocycles. The molecule has 102 valence electrons. The van der Waals surface area contributed by atoms with Crippen LogP contribution in [0.2, 0.25) is 0 Å². The summed E-state index contributed by atoms with van der Waals surface area (Å²) in [5.41, 5.74) is 7.46. The molecule has 19 heavy (non-hydrogen) atoms. The zero-order valence-electron chi connectivity index (χ0n) is 11.6. The van der Waals surface area contributed by atoms with Gasteiger partial charge in [0, 0.05) is 0 Å². The van der Waals surface area contributed by atoms with Crippen molar-refractivity contribution >= 4 is 0 Å². The first-order chi connectivity index (χ1) is 8.99. The highest BCUT2D eigenvalue weighted by molar-refractivity contribution is 5.27. The lowest BCUT2D eigenvalue weighted by atomic mass is 10.0. The minimum atomic E-state index is -0.461. The van der Waals surface area contributed by atoms with Crippen LogP contribution in [0.3, 0.4) is 0 Å². The Labute approximate surface area is 113 Å². The van der Waals surface area contributed by atoms with Crippen LogP contribution in [0.5, 0.6) is 5.75 Å². The second kappa shape index (κ2) is 5.40. The molecule has 0 bridgehead atoms. The fourth-order valence-corrected chi connectivity index (χ4v) is 1.72. The van der Waals surface area contributed by atoms with Crippen molar-refractivity contribution in [2.24, 2.45) is 5.73 Å². The molecule has 0 atom stereocenters. The first-order valence-corrected chi connectivity index (χ1v) is 6.40. The standard InChI is InChI=1S/C14H20N4O/c1-4-19-12-7-5-11(6-8-12)9-18-10-13(16-17-18)14(2,3)15/h5-8,10H,4,9,15H2,1-3H3. The fourth-order valence-electron chi connectivity index (χ4n) is 1.72. The van der Waals surface area contributed by atoms with Crippen molar-refractivity contribution < 1.29 is 4.74 Å². The zero-order valence-corrected chi connectivity index (χ0v) is 11.6. The topological polar surface area (TPSA) is 66.0 Å². The van der Waals surface area contributed by atoms with Crippen LogP contribution < -0.4 is 10.5 Å². The molecule has 2 N–H and O–H groups in total. The van der Waals surface area contributed by atoms with Crippen molar-refractivity contribution in [1.29, 1.82) is 0 Å². The number of hydrogen-bond acceptors (Lipinski definition) is 4. The van der Waals surface area contributed by atoms with Gasteiger partial charge in [0.05, 0.1) is 24.9 Å². The van der Waals surface area contributed by atoms with Crippen molar-refractivity contribution in [2.45, 2.75) is 32.9 Å². The monoisotopic (exact) mass is 260 g/mol. The SMILES string of the molecule is CCOc1ccc(Cn2cc(C(C)(C)N)nn2)cc1. The average Bonchev–Trinajstić information content (AvgIpc) is 2.80. The largest absolute Gasteiger partial charge is 0.494 e. The number of hydrogen-bond donors (Lipinski definition) is 1. The van der Waals surface area contributed by atoms with E-state index in [4.69, 9.17) is 10.5 Å². The van der Waals surface area contributed by atoms with Crippen molar-refractivity contribution in [3.8, 4) is 5.75 Å². The molecular formula is C14H20N4O. The molecule has 2 aromatic rings. The lowest BCUT2D eigenvalue weighted by Crippen LogP contribution is -2.29. The maximum Gasteiger partial charge on any atom is 0.119 e. The summed E-state index contributed by atoms with van der Waals surface area (Å²) in [5, 5.41) is 8.19. The van der Waals surface area contributed by atoms with Gasteiger partial charge in [0.25, 0.3) is 0 Å². The molecule has 0 aliphatic carbocycles. The Morgan fingerprint density at radius 2 is 1.95 bits per heavy atom. The van der Waals surface area contributed by atoms with Gasteiger partial charge in [-0.3, -0.25) is 0 Å². The van der Waals surface area contributed by atoms with E-state index < -0.39 is 5.54 Å². The number of rotatable bonds is 5. The van der Waals surface area contributed by atoms with Gasteiger partial charge in [0.15, 0.2) is 0 Å². The van der Waals surface area contributed by atoms with Gasteiger partial charge < -0.3 is 10.5 Å². The van der Waals surface area contributed by atoms with Gasteiger partial charge in [-0.1, -0.05) is 17.3 Å². The second-order valence-electron chi connectivity index (χ2n) is 5.10. The molecular weight excluding hydrogens is 240 g/mol. The summed E-state index contributed by atoms with van der Waals surface area (Å²) in [6.07, 6.45) is 1.89. The first kappa shape index (κ1) is 13.5. The minimum Gasteiger partial charge on any atom is -0.494 e. The summed E-state index contributed by atoms with van der Waals surface area (Å²) in [6, 6.07) is 7.98. The van der Waals surface area contributed by atoms with Gasteiger partial charge in [0.1, 0.15) is 11.4 Å². The summed E-state index contributed by atoms with van der Waals surface area (Å²) in [4.78, 5) is 0. The second-order valence-corrected chi connectivity index (χ2v) is 5.10. The van der Waals surface area contributed by atoms with E-state index in [-0.39, 0.29) is 0 Å². The Balaban J connectivity index is 2.06. The van der Waals surface area contributed by atoms with Crippen LogP contribution in [0.4, 0.5) is 0 Å². The molecule has 0 amide bonds. The van der Waals surface area contributed by atoms with Crippen LogP contribution in [0.15, 0.2) is 30.5 Å². The van der Waals surface area contributed by atoms with Crippen LogP contribution in [0, 0.1) is 0 Å². The summed E-state index contributed by atoms with van der Waals surface area (Å²) < 4.78 is 7.20. The Kier molecular flexibility index (Phi) is 3.85. The van der Waals surface area contributed by atoms with E-state index in [2.05, 4.69) is 10.3 Å². The first-order valence-electron chi connectivity index (χ1n) is 6.40. The molecule has 0 saturated carbocycles. The molecule has 1 heterocycles. The molecule has 0 fully saturated rings. The number of nitrogens with two attached hydrogens (primary N) is 1. The third-order valence-corrected chi connectivity index (χ3v) is 2.78. The summed E-state index contributed by atoms with van der Waals surface area (Å²) >= 11 is 0. The van der Waals surface area contributed by atoms with Gasteiger partial charge in [-0.15, -0.1) is 5.10 Å². The molecule has 0 spiro atoms. The third kappa shape index (κ3) is 3.54. The smallest absolute Gasteiger partial charge is 0.119 e. The maximum atomic E-state index is 5.98. The number of aromatic nitrogens is 3. The van der Waals surface area contributed by atoms with Crippen LogP contribution in [-0.4, -0.2) is 21.6 Å². The molecule has 0 aliphatic rings.